The minimum atomic E-state index is -0.616. The van der Waals surface area contributed by atoms with E-state index in [1.807, 2.05) is 66.7 Å². The first kappa shape index (κ1) is 16.1. The van der Waals surface area contributed by atoms with E-state index >= 15 is 0 Å². The Labute approximate surface area is 144 Å². The van der Waals surface area contributed by atoms with Crippen molar-refractivity contribution >= 4 is 23.5 Å². The molecule has 1 atom stereocenters. The van der Waals surface area contributed by atoms with Gasteiger partial charge in [0, 0.05) is 12.4 Å². The van der Waals surface area contributed by atoms with Crippen LogP contribution in [-0.2, 0) is 0 Å². The molecule has 0 radical (unpaired) electrons. The number of thioether (sulfide) groups is 2. The summed E-state index contributed by atoms with van der Waals surface area (Å²) in [6, 6.07) is 21.3. The van der Waals surface area contributed by atoms with E-state index in [0.29, 0.717) is 0 Å². The molecule has 2 aromatic heterocycles. The molecule has 0 bridgehead atoms. The van der Waals surface area contributed by atoms with Crippen LogP contribution in [-0.4, -0.2) is 19.7 Å². The molecule has 0 aliphatic rings. The highest BCUT2D eigenvalue weighted by Crippen LogP contribution is 2.41. The fourth-order valence-electron chi connectivity index (χ4n) is 2.03. The van der Waals surface area contributed by atoms with Gasteiger partial charge in [-0.25, -0.2) is 9.97 Å². The van der Waals surface area contributed by atoms with Crippen LogP contribution in [0.25, 0.3) is 0 Å². The van der Waals surface area contributed by atoms with Gasteiger partial charge in [0.05, 0.1) is 14.6 Å². The molecular formula is C18H16N2OS2. The fraction of sp³-hybridized carbons (Fsp3) is 0.111. The monoisotopic (exact) mass is 340 g/mol. The molecule has 116 valence electrons. The lowest BCUT2D eigenvalue weighted by atomic mass is 10.1. The van der Waals surface area contributed by atoms with Gasteiger partial charge in [0.15, 0.2) is 0 Å². The van der Waals surface area contributed by atoms with Gasteiger partial charge in [0.2, 0.25) is 0 Å². The Balaban J connectivity index is 1.83. The maximum Gasteiger partial charge on any atom is 0.101 e. The Hall–Kier alpha value is -1.82. The molecule has 5 heteroatoms. The third-order valence-corrected chi connectivity index (χ3v) is 5.67. The second kappa shape index (κ2) is 8.15. The van der Waals surface area contributed by atoms with E-state index in [0.717, 1.165) is 15.6 Å². The van der Waals surface area contributed by atoms with Crippen molar-refractivity contribution in [3.8, 4) is 0 Å². The van der Waals surface area contributed by atoms with Gasteiger partial charge < -0.3 is 5.11 Å². The van der Waals surface area contributed by atoms with Gasteiger partial charge in [-0.1, -0.05) is 66.0 Å². The normalized spacial score (nSPS) is 12.3. The van der Waals surface area contributed by atoms with E-state index in [-0.39, 0.29) is 4.58 Å². The van der Waals surface area contributed by atoms with Crippen LogP contribution in [0, 0.1) is 0 Å². The van der Waals surface area contributed by atoms with Crippen LogP contribution in [0.3, 0.4) is 0 Å². The predicted octanol–water partition coefficient (Wildman–Crippen LogP) is 4.42. The van der Waals surface area contributed by atoms with E-state index in [4.69, 9.17) is 0 Å². The zero-order chi connectivity index (χ0) is 15.9. The molecule has 0 saturated heterocycles. The average molecular weight is 340 g/mol. The summed E-state index contributed by atoms with van der Waals surface area (Å²) in [5.41, 5.74) is 0.893. The smallest absolute Gasteiger partial charge is 0.101 e. The standard InChI is InChI=1S/C18H16N2OS2/c21-17(14-8-2-1-3-9-14)18(22-15-10-4-6-12-19-15)23-16-11-5-7-13-20-16/h1-13,17-18,21H. The number of pyridine rings is 2. The molecule has 0 aliphatic carbocycles. The second-order valence-electron chi connectivity index (χ2n) is 4.80. The van der Waals surface area contributed by atoms with Crippen molar-refractivity contribution in [3.05, 3.63) is 84.7 Å². The number of aliphatic hydroxyl groups is 1. The van der Waals surface area contributed by atoms with E-state index in [9.17, 15) is 5.11 Å². The summed E-state index contributed by atoms with van der Waals surface area (Å²) in [6.07, 6.45) is 2.91. The average Bonchev–Trinajstić information content (AvgIpc) is 2.63. The van der Waals surface area contributed by atoms with Crippen molar-refractivity contribution in [1.29, 1.82) is 0 Å². The molecule has 0 spiro atoms. The summed E-state index contributed by atoms with van der Waals surface area (Å²) >= 11 is 3.10. The van der Waals surface area contributed by atoms with Crippen molar-refractivity contribution in [2.75, 3.05) is 0 Å². The number of hydrogen-bond acceptors (Lipinski definition) is 5. The minimum Gasteiger partial charge on any atom is -0.386 e. The Bertz CT molecular complexity index is 669. The van der Waals surface area contributed by atoms with Crippen LogP contribution in [0.2, 0.25) is 0 Å². The highest BCUT2D eigenvalue weighted by Gasteiger charge is 2.24. The van der Waals surface area contributed by atoms with Crippen molar-refractivity contribution in [3.63, 3.8) is 0 Å². The molecule has 0 fully saturated rings. The summed E-state index contributed by atoms with van der Waals surface area (Å²) < 4.78 is -0.137. The Morgan fingerprint density at radius 3 is 1.70 bits per heavy atom. The van der Waals surface area contributed by atoms with Gasteiger partial charge in [-0.05, 0) is 29.8 Å². The topological polar surface area (TPSA) is 46.0 Å². The summed E-state index contributed by atoms with van der Waals surface area (Å²) in [5.74, 6) is 0. The molecule has 0 amide bonds. The SMILES string of the molecule is OC(c1ccccc1)C(Sc1ccccn1)Sc1ccccn1. The summed E-state index contributed by atoms with van der Waals surface area (Å²) in [6.45, 7) is 0. The van der Waals surface area contributed by atoms with Gasteiger partial charge in [0.1, 0.15) is 6.10 Å². The second-order valence-corrected chi connectivity index (χ2v) is 7.42. The molecule has 2 heterocycles. The van der Waals surface area contributed by atoms with Gasteiger partial charge in [-0.3, -0.25) is 0 Å². The van der Waals surface area contributed by atoms with E-state index in [1.54, 1.807) is 35.9 Å². The maximum atomic E-state index is 10.8. The minimum absolute atomic E-state index is 0.137. The van der Waals surface area contributed by atoms with Gasteiger partial charge in [0.25, 0.3) is 0 Å². The van der Waals surface area contributed by atoms with Crippen LogP contribution in [0.1, 0.15) is 11.7 Å². The number of nitrogens with zero attached hydrogens (tertiary/aromatic N) is 2. The summed E-state index contributed by atoms with van der Waals surface area (Å²) in [4.78, 5) is 8.71. The maximum absolute atomic E-state index is 10.8. The molecule has 1 N–H and O–H groups in total. The Morgan fingerprint density at radius 2 is 1.22 bits per heavy atom. The third kappa shape index (κ3) is 4.58. The highest BCUT2D eigenvalue weighted by molar-refractivity contribution is 8.17. The molecular weight excluding hydrogens is 324 g/mol. The molecule has 1 unspecified atom stereocenters. The van der Waals surface area contributed by atoms with Crippen LogP contribution in [0.5, 0.6) is 0 Å². The molecule has 3 aromatic rings. The number of aliphatic hydroxyl groups excluding tert-OH is 1. The Kier molecular flexibility index (Phi) is 5.69. The first-order valence-corrected chi connectivity index (χ1v) is 8.97. The lowest BCUT2D eigenvalue weighted by Gasteiger charge is -2.21. The molecule has 3 nitrogen and oxygen atoms in total. The lowest BCUT2D eigenvalue weighted by molar-refractivity contribution is 0.196. The number of hydrogen-bond donors (Lipinski definition) is 1. The fourth-order valence-corrected chi connectivity index (χ4v) is 4.42. The third-order valence-electron chi connectivity index (χ3n) is 3.15. The summed E-state index contributed by atoms with van der Waals surface area (Å²) in [5, 5.41) is 12.6. The molecule has 0 aliphatic heterocycles. The van der Waals surface area contributed by atoms with Crippen molar-refractivity contribution in [1.82, 2.24) is 9.97 Å². The van der Waals surface area contributed by atoms with Crippen molar-refractivity contribution in [2.45, 2.75) is 20.7 Å². The predicted molar refractivity (Wildman–Crippen MR) is 95.4 cm³/mol. The zero-order valence-electron chi connectivity index (χ0n) is 12.3. The number of rotatable bonds is 6. The van der Waals surface area contributed by atoms with Gasteiger partial charge in [-0.2, -0.15) is 0 Å². The first-order valence-electron chi connectivity index (χ1n) is 7.21. The molecule has 3 rings (SSSR count). The van der Waals surface area contributed by atoms with E-state index in [2.05, 4.69) is 9.97 Å². The molecule has 23 heavy (non-hydrogen) atoms. The van der Waals surface area contributed by atoms with E-state index < -0.39 is 6.10 Å². The highest BCUT2D eigenvalue weighted by atomic mass is 32.2. The quantitative estimate of drug-likeness (QED) is 0.531. The van der Waals surface area contributed by atoms with Crippen LogP contribution in [0.4, 0.5) is 0 Å². The zero-order valence-corrected chi connectivity index (χ0v) is 14.0. The van der Waals surface area contributed by atoms with Gasteiger partial charge in [-0.15, -0.1) is 0 Å². The van der Waals surface area contributed by atoms with Crippen molar-refractivity contribution in [2.24, 2.45) is 0 Å². The summed E-state index contributed by atoms with van der Waals surface area (Å²) in [7, 11) is 0. The molecule has 1 aromatic carbocycles. The molecule has 0 saturated carbocycles. The lowest BCUT2D eigenvalue weighted by Crippen LogP contribution is -2.12. The largest absolute Gasteiger partial charge is 0.386 e. The van der Waals surface area contributed by atoms with Gasteiger partial charge >= 0.3 is 0 Å². The number of aromatic nitrogens is 2. The first-order chi connectivity index (χ1) is 11.3. The van der Waals surface area contributed by atoms with Crippen LogP contribution >= 0.6 is 23.5 Å². The van der Waals surface area contributed by atoms with Crippen molar-refractivity contribution < 1.29 is 5.11 Å². The van der Waals surface area contributed by atoms with Crippen LogP contribution in [0.15, 0.2) is 89.2 Å². The Morgan fingerprint density at radius 1 is 0.696 bits per heavy atom. The van der Waals surface area contributed by atoms with E-state index in [1.165, 1.54) is 0 Å². The van der Waals surface area contributed by atoms with Crippen LogP contribution < -0.4 is 0 Å². The number of benzene rings is 1.